The first kappa shape index (κ1) is 16.7. The second-order valence-electron chi connectivity index (χ2n) is 7.53. The Morgan fingerprint density at radius 2 is 2.15 bits per heavy atom. The van der Waals surface area contributed by atoms with E-state index in [1.807, 2.05) is 4.90 Å². The fraction of sp³-hybridized carbons (Fsp3) is 0.474. The zero-order chi connectivity index (χ0) is 18.7. The number of fused-ring (bicyclic) bond motifs is 2. The van der Waals surface area contributed by atoms with Crippen LogP contribution in [0.1, 0.15) is 34.7 Å². The monoisotopic (exact) mass is 373 g/mol. The number of pyridine rings is 1. The highest BCUT2D eigenvalue weighted by atomic mass is 19.1. The molecule has 0 unspecified atom stereocenters. The molecular formula is C19H20FN3O4. The number of aromatic amines is 1. The number of ether oxygens (including phenoxy) is 1. The molecule has 3 fully saturated rings. The van der Waals surface area contributed by atoms with Crippen molar-refractivity contribution in [3.05, 3.63) is 39.4 Å². The minimum Gasteiger partial charge on any atom is -0.477 e. The molecule has 2 aliphatic heterocycles. The van der Waals surface area contributed by atoms with Crippen LogP contribution in [0.4, 0.5) is 10.1 Å². The van der Waals surface area contributed by atoms with E-state index in [0.717, 1.165) is 24.9 Å². The molecule has 142 valence electrons. The summed E-state index contributed by atoms with van der Waals surface area (Å²) >= 11 is 0. The third-order valence-electron chi connectivity index (χ3n) is 5.78. The zero-order valence-corrected chi connectivity index (χ0v) is 14.6. The smallest absolute Gasteiger partial charge is 0.341 e. The molecule has 0 amide bonds. The lowest BCUT2D eigenvalue weighted by Gasteiger charge is -2.25. The van der Waals surface area contributed by atoms with E-state index < -0.39 is 17.2 Å². The Kier molecular flexibility index (Phi) is 3.73. The summed E-state index contributed by atoms with van der Waals surface area (Å²) in [7, 11) is 0. The lowest BCUT2D eigenvalue weighted by Crippen LogP contribution is -2.47. The number of nitrogens with one attached hydrogen (secondary N) is 2. The standard InChI is InChI=1S/C19H20FN3O4/c20-12-5-10-16(22-6-11(18(10)24)19(25)26)15(9-1-2-9)17(12)23-7-13-14(8-23)27-4-3-21-13/h5-6,9,13-14,21H,1-4,7-8H2,(H,22,24)(H,25,26)/t13-,14-/m0/s1. The number of H-pyrrole nitrogens is 1. The predicted octanol–water partition coefficient (Wildman–Crippen LogP) is 1.42. The molecular weight excluding hydrogens is 353 g/mol. The molecule has 5 rings (SSSR count). The molecule has 1 saturated carbocycles. The molecule has 0 bridgehead atoms. The fourth-order valence-corrected chi connectivity index (χ4v) is 4.37. The summed E-state index contributed by atoms with van der Waals surface area (Å²) in [6.07, 6.45) is 3.11. The van der Waals surface area contributed by atoms with Crippen LogP contribution in [0, 0.1) is 5.82 Å². The minimum atomic E-state index is -1.32. The highest BCUT2D eigenvalue weighted by Gasteiger charge is 2.40. The van der Waals surface area contributed by atoms with Gasteiger partial charge in [-0.05, 0) is 24.8 Å². The predicted molar refractivity (Wildman–Crippen MR) is 97.2 cm³/mol. The van der Waals surface area contributed by atoms with Gasteiger partial charge in [-0.1, -0.05) is 0 Å². The van der Waals surface area contributed by atoms with Crippen molar-refractivity contribution in [2.45, 2.75) is 30.9 Å². The van der Waals surface area contributed by atoms with E-state index in [9.17, 15) is 14.7 Å². The van der Waals surface area contributed by atoms with Crippen LogP contribution in [0.2, 0.25) is 0 Å². The van der Waals surface area contributed by atoms with Gasteiger partial charge in [0.25, 0.3) is 0 Å². The number of carboxylic acids is 1. The van der Waals surface area contributed by atoms with Crippen LogP contribution in [-0.4, -0.2) is 54.4 Å². The van der Waals surface area contributed by atoms with E-state index in [0.29, 0.717) is 30.9 Å². The van der Waals surface area contributed by atoms with Gasteiger partial charge in [0.1, 0.15) is 11.4 Å². The van der Waals surface area contributed by atoms with E-state index in [1.165, 1.54) is 12.3 Å². The van der Waals surface area contributed by atoms with Crippen LogP contribution in [0.5, 0.6) is 0 Å². The highest BCUT2D eigenvalue weighted by Crippen LogP contribution is 2.48. The third-order valence-corrected chi connectivity index (χ3v) is 5.78. The quantitative estimate of drug-likeness (QED) is 0.753. The van der Waals surface area contributed by atoms with E-state index in [1.54, 1.807) is 0 Å². The number of hydrogen-bond donors (Lipinski definition) is 3. The van der Waals surface area contributed by atoms with Crippen molar-refractivity contribution in [1.29, 1.82) is 0 Å². The SMILES string of the molecule is O=C(O)c1c[nH]c2c(C3CC3)c(N3C[C@@H]4NCCO[C@H]4C3)c(F)cc2c1=O. The van der Waals surface area contributed by atoms with Gasteiger partial charge in [0, 0.05) is 36.8 Å². The van der Waals surface area contributed by atoms with Crippen molar-refractivity contribution in [3.8, 4) is 0 Å². The number of carbonyl (C=O) groups is 1. The van der Waals surface area contributed by atoms with Crippen LogP contribution in [-0.2, 0) is 4.74 Å². The number of hydrogen-bond acceptors (Lipinski definition) is 5. The summed E-state index contributed by atoms with van der Waals surface area (Å²) in [5.41, 5.74) is 0.832. The zero-order valence-electron chi connectivity index (χ0n) is 14.6. The second-order valence-corrected chi connectivity index (χ2v) is 7.53. The lowest BCUT2D eigenvalue weighted by atomic mass is 10.0. The molecule has 1 aromatic carbocycles. The lowest BCUT2D eigenvalue weighted by molar-refractivity contribution is 0.0212. The molecule has 2 atom stereocenters. The first-order chi connectivity index (χ1) is 13.0. The number of rotatable bonds is 3. The minimum absolute atomic E-state index is 0.0225. The molecule has 3 aliphatic rings. The van der Waals surface area contributed by atoms with Gasteiger partial charge >= 0.3 is 5.97 Å². The van der Waals surface area contributed by atoms with Gasteiger partial charge in [0.05, 0.1) is 30.0 Å². The van der Waals surface area contributed by atoms with Gasteiger partial charge in [-0.3, -0.25) is 4.79 Å². The second kappa shape index (κ2) is 6.03. The number of aromatic nitrogens is 1. The molecule has 2 saturated heterocycles. The van der Waals surface area contributed by atoms with Crippen molar-refractivity contribution >= 4 is 22.6 Å². The topological polar surface area (TPSA) is 94.7 Å². The van der Waals surface area contributed by atoms with Gasteiger partial charge in [-0.2, -0.15) is 0 Å². The van der Waals surface area contributed by atoms with E-state index in [2.05, 4.69) is 10.3 Å². The molecule has 2 aromatic rings. The Hall–Kier alpha value is -2.45. The maximum Gasteiger partial charge on any atom is 0.341 e. The Bertz CT molecular complexity index is 987. The summed E-state index contributed by atoms with van der Waals surface area (Å²) in [6, 6.07) is 1.34. The van der Waals surface area contributed by atoms with Crippen LogP contribution in [0.15, 0.2) is 17.1 Å². The third kappa shape index (κ3) is 2.62. The number of nitrogens with zero attached hydrogens (tertiary/aromatic N) is 1. The number of morpholine rings is 1. The number of carboxylic acid groups (broad SMARTS) is 1. The number of benzene rings is 1. The van der Waals surface area contributed by atoms with Crippen molar-refractivity contribution in [2.75, 3.05) is 31.1 Å². The summed E-state index contributed by atoms with van der Waals surface area (Å²) in [4.78, 5) is 28.8. The first-order valence-corrected chi connectivity index (χ1v) is 9.25. The van der Waals surface area contributed by atoms with Crippen LogP contribution < -0.4 is 15.6 Å². The van der Waals surface area contributed by atoms with Gasteiger partial charge in [-0.15, -0.1) is 0 Å². The van der Waals surface area contributed by atoms with E-state index in [4.69, 9.17) is 4.74 Å². The van der Waals surface area contributed by atoms with Crippen LogP contribution in [0.25, 0.3) is 10.9 Å². The van der Waals surface area contributed by atoms with Gasteiger partial charge in [0.2, 0.25) is 5.43 Å². The van der Waals surface area contributed by atoms with Crippen molar-refractivity contribution < 1.29 is 19.0 Å². The number of aromatic carboxylic acids is 1. The van der Waals surface area contributed by atoms with Gasteiger partial charge in [0.15, 0.2) is 0 Å². The van der Waals surface area contributed by atoms with E-state index >= 15 is 4.39 Å². The fourth-order valence-electron chi connectivity index (χ4n) is 4.37. The molecule has 1 aliphatic carbocycles. The Balaban J connectivity index is 1.68. The normalized spacial score (nSPS) is 25.0. The maximum atomic E-state index is 15.2. The van der Waals surface area contributed by atoms with Crippen LogP contribution >= 0.6 is 0 Å². The Morgan fingerprint density at radius 3 is 2.85 bits per heavy atom. The summed E-state index contributed by atoms with van der Waals surface area (Å²) in [5, 5.41) is 12.7. The largest absolute Gasteiger partial charge is 0.477 e. The van der Waals surface area contributed by atoms with Crippen molar-refractivity contribution in [3.63, 3.8) is 0 Å². The molecule has 7 nitrogen and oxygen atoms in total. The number of anilines is 1. The summed E-state index contributed by atoms with van der Waals surface area (Å²) in [6.45, 7) is 2.67. The first-order valence-electron chi connectivity index (χ1n) is 9.25. The van der Waals surface area contributed by atoms with Gasteiger partial charge in [-0.25, -0.2) is 9.18 Å². The van der Waals surface area contributed by atoms with Crippen molar-refractivity contribution in [2.24, 2.45) is 0 Å². The Labute approximate surface area is 154 Å². The Morgan fingerprint density at radius 1 is 1.33 bits per heavy atom. The molecule has 27 heavy (non-hydrogen) atoms. The summed E-state index contributed by atoms with van der Waals surface area (Å²) < 4.78 is 21.0. The maximum absolute atomic E-state index is 15.2. The number of halogens is 1. The average Bonchev–Trinajstić information content (AvgIpc) is 3.39. The molecule has 3 N–H and O–H groups in total. The van der Waals surface area contributed by atoms with Crippen molar-refractivity contribution in [1.82, 2.24) is 10.3 Å². The molecule has 3 heterocycles. The molecule has 1 aromatic heterocycles. The molecule has 8 heteroatoms. The summed E-state index contributed by atoms with van der Waals surface area (Å²) in [5.74, 6) is -1.61. The van der Waals surface area contributed by atoms with Gasteiger partial charge < -0.3 is 25.0 Å². The van der Waals surface area contributed by atoms with Crippen LogP contribution in [0.3, 0.4) is 0 Å². The molecule has 0 radical (unpaired) electrons. The van der Waals surface area contributed by atoms with E-state index in [-0.39, 0.29) is 29.0 Å². The average molecular weight is 373 g/mol. The highest BCUT2D eigenvalue weighted by molar-refractivity contribution is 5.95. The molecule has 0 spiro atoms.